The van der Waals surface area contributed by atoms with Crippen LogP contribution in [0.4, 0.5) is 0 Å². The number of hydrogen-bond donors (Lipinski definition) is 0. The Kier molecular flexibility index (Phi) is 3.57. The maximum absolute atomic E-state index is 6.15. The molecule has 1 nitrogen and oxygen atoms in total. The molecule has 0 bridgehead atoms. The second kappa shape index (κ2) is 4.75. The first-order valence-corrected chi connectivity index (χ1v) is 6.53. The third kappa shape index (κ3) is 2.88. The van der Waals surface area contributed by atoms with Crippen LogP contribution in [0.1, 0.15) is 30.2 Å². The summed E-state index contributed by atoms with van der Waals surface area (Å²) < 4.78 is 5.79. The summed E-state index contributed by atoms with van der Waals surface area (Å²) in [6, 6.07) is 5.82. The van der Waals surface area contributed by atoms with Crippen molar-refractivity contribution < 1.29 is 4.74 Å². The molecule has 1 saturated carbocycles. The molecule has 0 N–H and O–H groups in total. The minimum Gasteiger partial charge on any atom is -0.493 e. The Morgan fingerprint density at radius 2 is 2.27 bits per heavy atom. The lowest BCUT2D eigenvalue weighted by atomic mass is 10.1. The Morgan fingerprint density at radius 3 is 2.87 bits per heavy atom. The summed E-state index contributed by atoms with van der Waals surface area (Å²) in [5, 5.41) is 0.771. The molecule has 0 saturated heterocycles. The molecule has 1 aliphatic carbocycles. The highest BCUT2D eigenvalue weighted by atomic mass is 79.9. The molecule has 1 atom stereocenters. The van der Waals surface area contributed by atoms with Gasteiger partial charge in [0.2, 0.25) is 0 Å². The van der Waals surface area contributed by atoms with Gasteiger partial charge in [0.25, 0.3) is 0 Å². The molecule has 0 spiro atoms. The topological polar surface area (TPSA) is 9.23 Å². The van der Waals surface area contributed by atoms with Gasteiger partial charge in [0.1, 0.15) is 5.75 Å². The van der Waals surface area contributed by atoms with Crippen molar-refractivity contribution >= 4 is 27.5 Å². The minimum atomic E-state index is 0.223. The van der Waals surface area contributed by atoms with Gasteiger partial charge in [-0.2, -0.15) is 0 Å². The molecule has 0 aliphatic heterocycles. The van der Waals surface area contributed by atoms with E-state index in [1.54, 1.807) is 0 Å². The molecule has 82 valence electrons. The summed E-state index contributed by atoms with van der Waals surface area (Å²) in [4.78, 5) is 0.223. The van der Waals surface area contributed by atoms with Crippen LogP contribution in [0.25, 0.3) is 0 Å². The average molecular weight is 290 g/mol. The second-order valence-electron chi connectivity index (χ2n) is 4.02. The van der Waals surface area contributed by atoms with Crippen molar-refractivity contribution in [2.24, 2.45) is 5.92 Å². The fourth-order valence-corrected chi connectivity index (χ4v) is 2.45. The zero-order valence-corrected chi connectivity index (χ0v) is 11.0. The Bertz CT molecular complexity index is 347. The molecule has 3 heteroatoms. The Hall–Kier alpha value is -0.210. The summed E-state index contributed by atoms with van der Waals surface area (Å²) in [6.07, 6.45) is 2.61. The summed E-state index contributed by atoms with van der Waals surface area (Å²) >= 11 is 9.69. The summed E-state index contributed by atoms with van der Waals surface area (Å²) in [6.45, 7) is 2.89. The van der Waals surface area contributed by atoms with E-state index in [4.69, 9.17) is 16.3 Å². The first-order valence-electron chi connectivity index (χ1n) is 5.23. The van der Waals surface area contributed by atoms with E-state index in [-0.39, 0.29) is 4.83 Å². The van der Waals surface area contributed by atoms with E-state index in [0.29, 0.717) is 0 Å². The van der Waals surface area contributed by atoms with Gasteiger partial charge in [-0.1, -0.05) is 33.6 Å². The van der Waals surface area contributed by atoms with Gasteiger partial charge < -0.3 is 4.74 Å². The van der Waals surface area contributed by atoms with Gasteiger partial charge >= 0.3 is 0 Å². The van der Waals surface area contributed by atoms with Crippen LogP contribution in [0.2, 0.25) is 5.02 Å². The summed E-state index contributed by atoms with van der Waals surface area (Å²) in [7, 11) is 0. The molecule has 15 heavy (non-hydrogen) atoms. The van der Waals surface area contributed by atoms with Gasteiger partial charge in [-0.05, 0) is 37.8 Å². The van der Waals surface area contributed by atoms with Crippen molar-refractivity contribution in [3.05, 3.63) is 28.8 Å². The maximum Gasteiger partial charge on any atom is 0.125 e. The Balaban J connectivity index is 2.15. The molecule has 1 aliphatic rings. The normalized spacial score (nSPS) is 17.5. The number of hydrogen-bond acceptors (Lipinski definition) is 1. The van der Waals surface area contributed by atoms with Crippen molar-refractivity contribution in [2.75, 3.05) is 6.61 Å². The van der Waals surface area contributed by atoms with Crippen LogP contribution in [-0.2, 0) is 0 Å². The van der Waals surface area contributed by atoms with Crippen LogP contribution in [0.3, 0.4) is 0 Å². The highest BCUT2D eigenvalue weighted by Gasteiger charge is 2.23. The van der Waals surface area contributed by atoms with Crippen LogP contribution in [-0.4, -0.2) is 6.61 Å². The fraction of sp³-hybridized carbons (Fsp3) is 0.500. The van der Waals surface area contributed by atoms with Gasteiger partial charge in [-0.25, -0.2) is 0 Å². The number of rotatable bonds is 4. The highest BCUT2D eigenvalue weighted by Crippen LogP contribution is 2.37. The predicted molar refractivity (Wildman–Crippen MR) is 67.0 cm³/mol. The molecule has 2 rings (SSSR count). The molecular formula is C12H14BrClO. The quantitative estimate of drug-likeness (QED) is 0.737. The van der Waals surface area contributed by atoms with Crippen LogP contribution in [0, 0.1) is 5.92 Å². The van der Waals surface area contributed by atoms with Crippen molar-refractivity contribution in [3.63, 3.8) is 0 Å². The van der Waals surface area contributed by atoms with Crippen LogP contribution >= 0.6 is 27.5 Å². The number of benzene rings is 1. The number of ether oxygens (including phenoxy) is 1. The third-order valence-corrected chi connectivity index (χ3v) is 3.37. The van der Waals surface area contributed by atoms with E-state index < -0.39 is 0 Å². The van der Waals surface area contributed by atoms with Crippen LogP contribution in [0.5, 0.6) is 5.75 Å². The zero-order chi connectivity index (χ0) is 10.8. The van der Waals surface area contributed by atoms with Crippen molar-refractivity contribution in [2.45, 2.75) is 24.6 Å². The van der Waals surface area contributed by atoms with E-state index >= 15 is 0 Å². The van der Waals surface area contributed by atoms with Crippen molar-refractivity contribution in [3.8, 4) is 5.75 Å². The predicted octanol–water partition coefficient (Wildman–Crippen LogP) is 4.58. The molecule has 1 unspecified atom stereocenters. The largest absolute Gasteiger partial charge is 0.493 e. The standard InChI is InChI=1S/C12H14BrClO/c1-8(13)12-10(14)3-2-4-11(12)15-7-9-5-6-9/h2-4,8-9H,5-7H2,1H3. The average Bonchev–Trinajstić information content (AvgIpc) is 2.97. The smallest absolute Gasteiger partial charge is 0.125 e. The van der Waals surface area contributed by atoms with E-state index in [1.165, 1.54) is 12.8 Å². The second-order valence-corrected chi connectivity index (χ2v) is 5.80. The van der Waals surface area contributed by atoms with Gasteiger partial charge in [0.05, 0.1) is 6.61 Å². The maximum atomic E-state index is 6.15. The number of alkyl halides is 1. The fourth-order valence-electron chi connectivity index (χ4n) is 1.52. The minimum absolute atomic E-state index is 0.223. The lowest BCUT2D eigenvalue weighted by Gasteiger charge is -2.14. The first-order chi connectivity index (χ1) is 7.18. The number of halogens is 2. The molecule has 1 fully saturated rings. The molecule has 0 aromatic heterocycles. The summed E-state index contributed by atoms with van der Waals surface area (Å²) in [5.74, 6) is 1.68. The van der Waals surface area contributed by atoms with Crippen LogP contribution < -0.4 is 4.74 Å². The molecule has 0 heterocycles. The van der Waals surface area contributed by atoms with Gasteiger partial charge in [-0.3, -0.25) is 0 Å². The lowest BCUT2D eigenvalue weighted by molar-refractivity contribution is 0.297. The van der Waals surface area contributed by atoms with Gasteiger partial charge in [-0.15, -0.1) is 0 Å². The van der Waals surface area contributed by atoms with Crippen LogP contribution in [0.15, 0.2) is 18.2 Å². The van der Waals surface area contributed by atoms with Gasteiger partial charge in [0.15, 0.2) is 0 Å². The lowest BCUT2D eigenvalue weighted by Crippen LogP contribution is -2.02. The molecule has 0 radical (unpaired) electrons. The van der Waals surface area contributed by atoms with Crippen molar-refractivity contribution in [1.29, 1.82) is 0 Å². The monoisotopic (exact) mass is 288 g/mol. The Morgan fingerprint density at radius 1 is 1.53 bits per heavy atom. The SMILES string of the molecule is CC(Br)c1c(Cl)cccc1OCC1CC1. The summed E-state index contributed by atoms with van der Waals surface area (Å²) in [5.41, 5.74) is 1.06. The third-order valence-electron chi connectivity index (χ3n) is 2.58. The van der Waals surface area contributed by atoms with E-state index in [2.05, 4.69) is 22.9 Å². The molecule has 1 aromatic carbocycles. The molecule has 1 aromatic rings. The first kappa shape index (κ1) is 11.3. The van der Waals surface area contributed by atoms with E-state index in [1.807, 2.05) is 18.2 Å². The van der Waals surface area contributed by atoms with E-state index in [0.717, 1.165) is 28.9 Å². The molecule has 0 amide bonds. The Labute approximate surface area is 104 Å². The van der Waals surface area contributed by atoms with Crippen molar-refractivity contribution in [1.82, 2.24) is 0 Å². The molecular weight excluding hydrogens is 275 g/mol. The zero-order valence-electron chi connectivity index (χ0n) is 8.67. The van der Waals surface area contributed by atoms with Gasteiger partial charge in [0, 0.05) is 15.4 Å². The highest BCUT2D eigenvalue weighted by molar-refractivity contribution is 9.09. The van der Waals surface area contributed by atoms with E-state index in [9.17, 15) is 0 Å².